The fraction of sp³-hybridized carbons (Fsp3) is 0.273. The molecule has 1 N–H and O–H groups in total. The van der Waals surface area contributed by atoms with E-state index in [9.17, 15) is 19.7 Å². The molecule has 0 radical (unpaired) electrons. The van der Waals surface area contributed by atoms with Crippen molar-refractivity contribution in [3.63, 3.8) is 0 Å². The van der Waals surface area contributed by atoms with E-state index in [0.717, 1.165) is 5.39 Å². The van der Waals surface area contributed by atoms with E-state index in [-0.39, 0.29) is 23.9 Å². The highest BCUT2D eigenvalue weighted by atomic mass is 16.6. The van der Waals surface area contributed by atoms with Crippen molar-refractivity contribution in [3.8, 4) is 0 Å². The minimum atomic E-state index is -0.498. The van der Waals surface area contributed by atoms with Crippen LogP contribution in [0.5, 0.6) is 0 Å². The van der Waals surface area contributed by atoms with Crippen molar-refractivity contribution in [3.05, 3.63) is 70.5 Å². The zero-order chi connectivity index (χ0) is 21.8. The number of piperazine rings is 1. The molecular formula is C22H22N4O5. The van der Waals surface area contributed by atoms with Gasteiger partial charge in [-0.05, 0) is 18.2 Å². The average molecular weight is 422 g/mol. The monoisotopic (exact) mass is 422 g/mol. The number of benzene rings is 2. The Labute approximate surface area is 178 Å². The van der Waals surface area contributed by atoms with Gasteiger partial charge >= 0.3 is 0 Å². The first kappa shape index (κ1) is 20.5. The van der Waals surface area contributed by atoms with E-state index >= 15 is 0 Å². The molecule has 9 nitrogen and oxygen atoms in total. The number of fused-ring (bicyclic) bond motifs is 1. The Hall–Kier alpha value is -3.72. The molecule has 0 spiro atoms. The van der Waals surface area contributed by atoms with Crippen LogP contribution in [-0.4, -0.2) is 59.3 Å². The van der Waals surface area contributed by atoms with Crippen molar-refractivity contribution in [2.45, 2.75) is 6.42 Å². The second kappa shape index (κ2) is 8.97. The summed E-state index contributed by atoms with van der Waals surface area (Å²) in [6.45, 7) is 2.99. The fourth-order valence-corrected chi connectivity index (χ4v) is 3.60. The number of furan rings is 1. The number of anilines is 1. The second-order valence-electron chi connectivity index (χ2n) is 7.39. The molecular weight excluding hydrogens is 400 g/mol. The standard InChI is InChI=1S/C22H22N4O5/c27-21(23-17-5-3-6-18(15-17)26(29)30)8-9-24-10-12-25(13-11-24)22(28)20-14-16-4-1-2-7-19(16)31-20/h1-7,14-15H,8-13H2,(H,23,27). The molecule has 2 amide bonds. The first-order valence-corrected chi connectivity index (χ1v) is 10.0. The molecule has 1 aliphatic rings. The zero-order valence-corrected chi connectivity index (χ0v) is 16.8. The maximum atomic E-state index is 12.7. The molecule has 3 aromatic rings. The van der Waals surface area contributed by atoms with Gasteiger partial charge < -0.3 is 14.6 Å². The predicted octanol–water partition coefficient (Wildman–Crippen LogP) is 3.13. The summed E-state index contributed by atoms with van der Waals surface area (Å²) >= 11 is 0. The summed E-state index contributed by atoms with van der Waals surface area (Å²) in [5, 5.41) is 14.4. The Bertz CT molecular complexity index is 1080. The minimum Gasteiger partial charge on any atom is -0.451 e. The van der Waals surface area contributed by atoms with Crippen LogP contribution >= 0.6 is 0 Å². The molecule has 1 saturated heterocycles. The summed E-state index contributed by atoms with van der Waals surface area (Å²) in [5.41, 5.74) is 1.03. The third kappa shape index (κ3) is 4.89. The summed E-state index contributed by atoms with van der Waals surface area (Å²) in [4.78, 5) is 39.1. The van der Waals surface area contributed by atoms with Crippen LogP contribution in [0.2, 0.25) is 0 Å². The van der Waals surface area contributed by atoms with Crippen LogP contribution in [0, 0.1) is 10.1 Å². The second-order valence-corrected chi connectivity index (χ2v) is 7.39. The molecule has 0 unspecified atom stereocenters. The summed E-state index contributed by atoms with van der Waals surface area (Å²) in [6, 6.07) is 15.1. The van der Waals surface area contributed by atoms with Gasteiger partial charge in [0.05, 0.1) is 4.92 Å². The van der Waals surface area contributed by atoms with E-state index in [4.69, 9.17) is 4.42 Å². The average Bonchev–Trinajstić information content (AvgIpc) is 3.22. The molecule has 2 aromatic carbocycles. The lowest BCUT2D eigenvalue weighted by molar-refractivity contribution is -0.384. The van der Waals surface area contributed by atoms with Gasteiger partial charge in [-0.1, -0.05) is 24.3 Å². The SMILES string of the molecule is O=C(CCN1CCN(C(=O)c2cc3ccccc3o2)CC1)Nc1cccc([N+](=O)[O-])c1. The van der Waals surface area contributed by atoms with E-state index in [0.29, 0.717) is 49.8 Å². The molecule has 2 heterocycles. The van der Waals surface area contributed by atoms with Gasteiger partial charge in [0.2, 0.25) is 5.91 Å². The lowest BCUT2D eigenvalue weighted by Crippen LogP contribution is -2.49. The highest BCUT2D eigenvalue weighted by Gasteiger charge is 2.24. The van der Waals surface area contributed by atoms with Crippen molar-refractivity contribution in [2.24, 2.45) is 0 Å². The number of nitro benzene ring substituents is 1. The maximum absolute atomic E-state index is 12.7. The first-order valence-electron chi connectivity index (χ1n) is 10.0. The van der Waals surface area contributed by atoms with Gasteiger partial charge in [0, 0.05) is 62.4 Å². The van der Waals surface area contributed by atoms with E-state index in [1.165, 1.54) is 18.2 Å². The van der Waals surface area contributed by atoms with Crippen molar-refractivity contribution in [1.29, 1.82) is 0 Å². The van der Waals surface area contributed by atoms with E-state index in [1.807, 2.05) is 24.3 Å². The fourth-order valence-electron chi connectivity index (χ4n) is 3.60. The normalized spacial score (nSPS) is 14.5. The zero-order valence-electron chi connectivity index (χ0n) is 16.8. The lowest BCUT2D eigenvalue weighted by Gasteiger charge is -2.34. The maximum Gasteiger partial charge on any atom is 0.289 e. The van der Waals surface area contributed by atoms with E-state index in [1.54, 1.807) is 17.0 Å². The Morgan fingerprint density at radius 1 is 1.03 bits per heavy atom. The largest absolute Gasteiger partial charge is 0.451 e. The molecule has 31 heavy (non-hydrogen) atoms. The number of rotatable bonds is 6. The Kier molecular flexibility index (Phi) is 5.94. The molecule has 9 heteroatoms. The van der Waals surface area contributed by atoms with Crippen LogP contribution in [0.25, 0.3) is 11.0 Å². The van der Waals surface area contributed by atoms with Gasteiger partial charge in [0.25, 0.3) is 11.6 Å². The smallest absolute Gasteiger partial charge is 0.289 e. The third-order valence-electron chi connectivity index (χ3n) is 5.29. The third-order valence-corrected chi connectivity index (χ3v) is 5.29. The topological polar surface area (TPSA) is 109 Å². The minimum absolute atomic E-state index is 0.0666. The van der Waals surface area contributed by atoms with Crippen LogP contribution in [0.3, 0.4) is 0 Å². The quantitative estimate of drug-likeness (QED) is 0.483. The molecule has 0 bridgehead atoms. The van der Waals surface area contributed by atoms with Crippen LogP contribution in [0.1, 0.15) is 17.0 Å². The number of hydrogen-bond acceptors (Lipinski definition) is 6. The van der Waals surface area contributed by atoms with Crippen LogP contribution in [0.15, 0.2) is 59.0 Å². The number of non-ortho nitro benzene ring substituents is 1. The van der Waals surface area contributed by atoms with Gasteiger partial charge in [-0.15, -0.1) is 0 Å². The number of nitrogens with zero attached hydrogens (tertiary/aromatic N) is 3. The van der Waals surface area contributed by atoms with Crippen LogP contribution in [0.4, 0.5) is 11.4 Å². The number of hydrogen-bond donors (Lipinski definition) is 1. The first-order chi connectivity index (χ1) is 15.0. The summed E-state index contributed by atoms with van der Waals surface area (Å²) in [7, 11) is 0. The molecule has 0 saturated carbocycles. The Morgan fingerprint density at radius 2 is 1.81 bits per heavy atom. The summed E-state index contributed by atoms with van der Waals surface area (Å²) < 4.78 is 5.67. The Morgan fingerprint density at radius 3 is 2.55 bits per heavy atom. The number of nitrogens with one attached hydrogen (secondary N) is 1. The van der Waals surface area contributed by atoms with Gasteiger partial charge in [0.15, 0.2) is 5.76 Å². The molecule has 1 fully saturated rings. The van der Waals surface area contributed by atoms with Gasteiger partial charge in [-0.3, -0.25) is 24.6 Å². The van der Waals surface area contributed by atoms with E-state index in [2.05, 4.69) is 10.2 Å². The van der Waals surface area contributed by atoms with Crippen molar-refractivity contribution in [2.75, 3.05) is 38.0 Å². The van der Waals surface area contributed by atoms with Crippen molar-refractivity contribution >= 4 is 34.2 Å². The molecule has 1 aliphatic heterocycles. The van der Waals surface area contributed by atoms with E-state index < -0.39 is 4.92 Å². The van der Waals surface area contributed by atoms with Gasteiger partial charge in [-0.25, -0.2) is 0 Å². The van der Waals surface area contributed by atoms with Crippen LogP contribution in [-0.2, 0) is 4.79 Å². The van der Waals surface area contributed by atoms with Crippen molar-refractivity contribution in [1.82, 2.24) is 9.80 Å². The number of carbonyl (C=O) groups is 2. The van der Waals surface area contributed by atoms with Gasteiger partial charge in [0.1, 0.15) is 5.58 Å². The van der Waals surface area contributed by atoms with Crippen molar-refractivity contribution < 1.29 is 18.9 Å². The number of nitro groups is 1. The lowest BCUT2D eigenvalue weighted by atomic mass is 10.2. The van der Waals surface area contributed by atoms with Crippen LogP contribution < -0.4 is 5.32 Å². The molecule has 4 rings (SSSR count). The van der Waals surface area contributed by atoms with Gasteiger partial charge in [-0.2, -0.15) is 0 Å². The summed E-state index contributed by atoms with van der Waals surface area (Å²) in [6.07, 6.45) is 0.264. The number of carbonyl (C=O) groups excluding carboxylic acids is 2. The molecule has 160 valence electrons. The Balaban J connectivity index is 1.24. The predicted molar refractivity (Wildman–Crippen MR) is 115 cm³/mol. The molecule has 0 atom stereocenters. The number of amides is 2. The highest BCUT2D eigenvalue weighted by molar-refractivity contribution is 5.96. The molecule has 1 aromatic heterocycles. The number of para-hydroxylation sites is 1. The highest BCUT2D eigenvalue weighted by Crippen LogP contribution is 2.21. The molecule has 0 aliphatic carbocycles. The summed E-state index contributed by atoms with van der Waals surface area (Å²) in [5.74, 6) is 0.00604.